The molecule has 1 saturated heterocycles. The Labute approximate surface area is 72.7 Å². The van der Waals surface area contributed by atoms with E-state index in [0.29, 0.717) is 6.04 Å². The summed E-state index contributed by atoms with van der Waals surface area (Å²) in [6.45, 7) is 0.905. The van der Waals surface area contributed by atoms with Gasteiger partial charge in [-0.3, -0.25) is 0 Å². The van der Waals surface area contributed by atoms with Crippen molar-refractivity contribution < 1.29 is 9.53 Å². The highest BCUT2D eigenvalue weighted by Crippen LogP contribution is 2.36. The molecule has 2 bridgehead atoms. The van der Waals surface area contributed by atoms with Crippen LogP contribution in [0, 0.1) is 5.92 Å². The quantitative estimate of drug-likeness (QED) is 0.551. The SMILES string of the molecule is COC(=O)N1CCC2CCC1C2. The second-order valence-electron chi connectivity index (χ2n) is 3.79. The lowest BCUT2D eigenvalue weighted by Gasteiger charge is -2.31. The molecule has 2 aliphatic rings. The largest absolute Gasteiger partial charge is 0.453 e. The summed E-state index contributed by atoms with van der Waals surface area (Å²) in [5, 5.41) is 0. The molecular formula is C9H15NO2. The van der Waals surface area contributed by atoms with Gasteiger partial charge in [-0.05, 0) is 31.6 Å². The van der Waals surface area contributed by atoms with E-state index in [4.69, 9.17) is 4.74 Å². The fraction of sp³-hybridized carbons (Fsp3) is 0.889. The van der Waals surface area contributed by atoms with Gasteiger partial charge >= 0.3 is 6.09 Å². The third-order valence-electron chi connectivity index (χ3n) is 3.14. The summed E-state index contributed by atoms with van der Waals surface area (Å²) >= 11 is 0. The lowest BCUT2D eigenvalue weighted by atomic mass is 10.00. The summed E-state index contributed by atoms with van der Waals surface area (Å²) in [6, 6.07) is 0.483. The molecular weight excluding hydrogens is 154 g/mol. The van der Waals surface area contributed by atoms with Crippen LogP contribution < -0.4 is 0 Å². The van der Waals surface area contributed by atoms with Crippen LogP contribution in [0.15, 0.2) is 0 Å². The maximum Gasteiger partial charge on any atom is 0.409 e. The summed E-state index contributed by atoms with van der Waals surface area (Å²) in [4.78, 5) is 13.2. The first kappa shape index (κ1) is 7.90. The van der Waals surface area contributed by atoms with Crippen molar-refractivity contribution in [2.24, 2.45) is 5.92 Å². The first-order valence-corrected chi connectivity index (χ1v) is 4.66. The second-order valence-corrected chi connectivity index (χ2v) is 3.79. The molecule has 1 aliphatic heterocycles. The predicted molar refractivity (Wildman–Crippen MR) is 44.9 cm³/mol. The normalized spacial score (nSPS) is 33.6. The fourth-order valence-corrected chi connectivity index (χ4v) is 2.46. The van der Waals surface area contributed by atoms with Gasteiger partial charge in [0.05, 0.1) is 7.11 Å². The summed E-state index contributed by atoms with van der Waals surface area (Å²) < 4.78 is 4.73. The van der Waals surface area contributed by atoms with Crippen molar-refractivity contribution in [3.05, 3.63) is 0 Å². The summed E-state index contributed by atoms with van der Waals surface area (Å²) in [6.07, 6.45) is 4.72. The average molecular weight is 169 g/mol. The number of hydrogen-bond donors (Lipinski definition) is 0. The van der Waals surface area contributed by atoms with E-state index < -0.39 is 0 Å². The number of hydrogen-bond acceptors (Lipinski definition) is 2. The maximum absolute atomic E-state index is 11.3. The Morgan fingerprint density at radius 1 is 1.42 bits per heavy atom. The van der Waals surface area contributed by atoms with Crippen molar-refractivity contribution in [1.29, 1.82) is 0 Å². The molecule has 2 atom stereocenters. The Bertz CT molecular complexity index is 193. The van der Waals surface area contributed by atoms with Crippen LogP contribution in [-0.2, 0) is 4.74 Å². The number of fused-ring (bicyclic) bond motifs is 2. The van der Waals surface area contributed by atoms with E-state index in [9.17, 15) is 4.79 Å². The molecule has 0 spiro atoms. The highest BCUT2D eigenvalue weighted by molar-refractivity contribution is 5.68. The van der Waals surface area contributed by atoms with E-state index in [1.807, 2.05) is 4.90 Å². The van der Waals surface area contributed by atoms with Crippen molar-refractivity contribution >= 4 is 6.09 Å². The van der Waals surface area contributed by atoms with Crippen LogP contribution in [0.1, 0.15) is 25.7 Å². The van der Waals surface area contributed by atoms with Crippen molar-refractivity contribution in [2.75, 3.05) is 13.7 Å². The number of methoxy groups -OCH3 is 1. The molecule has 1 aliphatic carbocycles. The zero-order valence-corrected chi connectivity index (χ0v) is 7.45. The molecule has 2 fully saturated rings. The number of amides is 1. The Kier molecular flexibility index (Phi) is 1.95. The molecule has 1 amide bonds. The molecule has 2 rings (SSSR count). The third-order valence-corrected chi connectivity index (χ3v) is 3.14. The van der Waals surface area contributed by atoms with Gasteiger partial charge < -0.3 is 9.64 Å². The lowest BCUT2D eigenvalue weighted by molar-refractivity contribution is 0.0930. The van der Waals surface area contributed by atoms with Crippen LogP contribution in [0.3, 0.4) is 0 Å². The van der Waals surface area contributed by atoms with Crippen molar-refractivity contribution in [2.45, 2.75) is 31.7 Å². The number of likely N-dealkylation sites (tertiary alicyclic amines) is 1. The number of carbonyl (C=O) groups is 1. The Hall–Kier alpha value is -0.730. The molecule has 3 heteroatoms. The number of piperidine rings is 1. The molecule has 1 heterocycles. The smallest absolute Gasteiger partial charge is 0.409 e. The molecule has 3 nitrogen and oxygen atoms in total. The number of carbonyl (C=O) groups excluding carboxylic acids is 1. The molecule has 2 unspecified atom stereocenters. The van der Waals surface area contributed by atoms with Gasteiger partial charge in [0.2, 0.25) is 0 Å². The number of ether oxygens (including phenoxy) is 1. The van der Waals surface area contributed by atoms with Crippen molar-refractivity contribution in [3.8, 4) is 0 Å². The molecule has 0 aromatic carbocycles. The van der Waals surface area contributed by atoms with Crippen LogP contribution in [0.5, 0.6) is 0 Å². The first-order chi connectivity index (χ1) is 5.81. The lowest BCUT2D eigenvalue weighted by Crippen LogP contribution is -2.42. The second kappa shape index (κ2) is 2.96. The zero-order valence-electron chi connectivity index (χ0n) is 7.45. The van der Waals surface area contributed by atoms with Crippen molar-refractivity contribution in [1.82, 2.24) is 4.90 Å². The zero-order chi connectivity index (χ0) is 8.55. The minimum Gasteiger partial charge on any atom is -0.453 e. The molecule has 0 aromatic rings. The van der Waals surface area contributed by atoms with Gasteiger partial charge in [0, 0.05) is 12.6 Å². The topological polar surface area (TPSA) is 29.5 Å². The highest BCUT2D eigenvalue weighted by Gasteiger charge is 2.36. The summed E-state index contributed by atoms with van der Waals surface area (Å²) in [7, 11) is 1.46. The molecule has 12 heavy (non-hydrogen) atoms. The van der Waals surface area contributed by atoms with E-state index in [-0.39, 0.29) is 6.09 Å². The van der Waals surface area contributed by atoms with Gasteiger partial charge in [-0.2, -0.15) is 0 Å². The van der Waals surface area contributed by atoms with Crippen LogP contribution in [0.4, 0.5) is 4.79 Å². The maximum atomic E-state index is 11.3. The Morgan fingerprint density at radius 2 is 2.25 bits per heavy atom. The number of nitrogens with zero attached hydrogens (tertiary/aromatic N) is 1. The number of rotatable bonds is 0. The third kappa shape index (κ3) is 1.17. The minimum absolute atomic E-state index is 0.139. The van der Waals surface area contributed by atoms with Gasteiger partial charge in [0.1, 0.15) is 0 Å². The predicted octanol–water partition coefficient (Wildman–Crippen LogP) is 1.63. The van der Waals surface area contributed by atoms with Gasteiger partial charge in [-0.15, -0.1) is 0 Å². The van der Waals surface area contributed by atoms with Crippen LogP contribution in [0.2, 0.25) is 0 Å². The van der Waals surface area contributed by atoms with Gasteiger partial charge in [0.25, 0.3) is 0 Å². The highest BCUT2D eigenvalue weighted by atomic mass is 16.5. The molecule has 68 valence electrons. The molecule has 0 radical (unpaired) electrons. The van der Waals surface area contributed by atoms with Crippen LogP contribution >= 0.6 is 0 Å². The van der Waals surface area contributed by atoms with Crippen LogP contribution in [-0.4, -0.2) is 30.7 Å². The minimum atomic E-state index is -0.139. The fourth-order valence-electron chi connectivity index (χ4n) is 2.46. The first-order valence-electron chi connectivity index (χ1n) is 4.66. The van der Waals surface area contributed by atoms with Crippen LogP contribution in [0.25, 0.3) is 0 Å². The van der Waals surface area contributed by atoms with E-state index in [1.165, 1.54) is 32.8 Å². The van der Waals surface area contributed by atoms with Crippen molar-refractivity contribution in [3.63, 3.8) is 0 Å². The van der Waals surface area contributed by atoms with E-state index in [1.54, 1.807) is 0 Å². The van der Waals surface area contributed by atoms with E-state index in [0.717, 1.165) is 12.5 Å². The Balaban J connectivity index is 2.02. The van der Waals surface area contributed by atoms with Gasteiger partial charge in [0.15, 0.2) is 0 Å². The van der Waals surface area contributed by atoms with Gasteiger partial charge in [-0.1, -0.05) is 0 Å². The standard InChI is InChI=1S/C9H15NO2/c1-12-9(11)10-5-4-7-2-3-8(10)6-7/h7-8H,2-6H2,1H3. The molecule has 0 aromatic heterocycles. The summed E-state index contributed by atoms with van der Waals surface area (Å²) in [5.74, 6) is 0.885. The summed E-state index contributed by atoms with van der Waals surface area (Å²) in [5.41, 5.74) is 0. The van der Waals surface area contributed by atoms with Gasteiger partial charge in [-0.25, -0.2) is 4.79 Å². The Morgan fingerprint density at radius 3 is 3.00 bits per heavy atom. The van der Waals surface area contributed by atoms with E-state index >= 15 is 0 Å². The average Bonchev–Trinajstić information content (AvgIpc) is 2.47. The monoisotopic (exact) mass is 169 g/mol. The molecule has 0 N–H and O–H groups in total. The van der Waals surface area contributed by atoms with E-state index in [2.05, 4.69) is 0 Å². The molecule has 1 saturated carbocycles.